The topological polar surface area (TPSA) is 55.8 Å². The van der Waals surface area contributed by atoms with Gasteiger partial charge in [-0.25, -0.2) is 0 Å². The zero-order valence-corrected chi connectivity index (χ0v) is 8.82. The van der Waals surface area contributed by atoms with E-state index in [0.717, 1.165) is 6.42 Å². The van der Waals surface area contributed by atoms with Crippen molar-refractivity contribution < 1.29 is 19.1 Å². The van der Waals surface area contributed by atoms with E-state index < -0.39 is 5.60 Å². The number of rotatable bonds is 3. The number of amides is 1. The quantitative estimate of drug-likeness (QED) is 0.598. The van der Waals surface area contributed by atoms with Gasteiger partial charge in [0, 0.05) is 20.1 Å². The summed E-state index contributed by atoms with van der Waals surface area (Å²) < 4.78 is 10.7. The molecule has 2 aliphatic heterocycles. The van der Waals surface area contributed by atoms with E-state index in [2.05, 4.69) is 0 Å². The highest BCUT2D eigenvalue weighted by molar-refractivity contribution is 6.05. The molecule has 2 saturated heterocycles. The van der Waals surface area contributed by atoms with Crippen LogP contribution >= 0.6 is 0 Å². The van der Waals surface area contributed by atoms with Gasteiger partial charge in [-0.05, 0) is 0 Å². The van der Waals surface area contributed by atoms with Crippen molar-refractivity contribution in [3.8, 4) is 0 Å². The second-order valence-corrected chi connectivity index (χ2v) is 4.15. The van der Waals surface area contributed by atoms with Gasteiger partial charge >= 0.3 is 0 Å². The van der Waals surface area contributed by atoms with Crippen LogP contribution in [0.5, 0.6) is 0 Å². The van der Waals surface area contributed by atoms with Crippen LogP contribution < -0.4 is 0 Å². The Morgan fingerprint density at radius 1 is 1.53 bits per heavy atom. The van der Waals surface area contributed by atoms with Gasteiger partial charge in [-0.3, -0.25) is 9.59 Å². The number of methoxy groups -OCH3 is 1. The molecule has 1 atom stereocenters. The summed E-state index contributed by atoms with van der Waals surface area (Å²) in [4.78, 5) is 24.1. The van der Waals surface area contributed by atoms with Gasteiger partial charge in [0.05, 0.1) is 26.1 Å². The molecule has 1 unspecified atom stereocenters. The Bertz CT molecular complexity index is 283. The molecule has 0 aromatic rings. The van der Waals surface area contributed by atoms with Gasteiger partial charge in [0.15, 0.2) is 5.78 Å². The van der Waals surface area contributed by atoms with Crippen molar-refractivity contribution >= 4 is 11.7 Å². The molecule has 0 saturated carbocycles. The standard InChI is InChI=1S/C10H15NO4/c1-14-10(2-3-15-7-10)6-11-5-8(12)4-9(11)13/h2-7H2,1H3. The maximum Gasteiger partial charge on any atom is 0.230 e. The van der Waals surface area contributed by atoms with Gasteiger partial charge < -0.3 is 14.4 Å². The normalized spacial score (nSPS) is 31.7. The van der Waals surface area contributed by atoms with Crippen molar-refractivity contribution in [2.75, 3.05) is 33.4 Å². The van der Waals surface area contributed by atoms with Crippen LogP contribution in [0.25, 0.3) is 0 Å². The SMILES string of the molecule is COC1(CN2CC(=O)CC2=O)CCOC1. The van der Waals surface area contributed by atoms with E-state index >= 15 is 0 Å². The fraction of sp³-hybridized carbons (Fsp3) is 0.800. The van der Waals surface area contributed by atoms with Crippen LogP contribution in [-0.4, -0.2) is 55.6 Å². The molecular formula is C10H15NO4. The van der Waals surface area contributed by atoms with Gasteiger partial charge in [-0.1, -0.05) is 0 Å². The fourth-order valence-electron chi connectivity index (χ4n) is 2.07. The molecule has 15 heavy (non-hydrogen) atoms. The summed E-state index contributed by atoms with van der Waals surface area (Å²) in [6.45, 7) is 1.85. The summed E-state index contributed by atoms with van der Waals surface area (Å²) in [5.41, 5.74) is -0.403. The van der Waals surface area contributed by atoms with Crippen molar-refractivity contribution in [2.24, 2.45) is 0 Å². The molecule has 0 spiro atoms. The van der Waals surface area contributed by atoms with Crippen molar-refractivity contribution in [1.29, 1.82) is 0 Å². The Morgan fingerprint density at radius 3 is 2.80 bits per heavy atom. The van der Waals surface area contributed by atoms with Gasteiger partial charge in [0.1, 0.15) is 5.60 Å². The fourth-order valence-corrected chi connectivity index (χ4v) is 2.07. The van der Waals surface area contributed by atoms with E-state index in [1.54, 1.807) is 12.0 Å². The summed E-state index contributed by atoms with van der Waals surface area (Å²) in [7, 11) is 1.62. The Kier molecular flexibility index (Phi) is 2.75. The third kappa shape index (κ3) is 2.03. The number of carbonyl (C=O) groups excluding carboxylic acids is 2. The van der Waals surface area contributed by atoms with Crippen molar-refractivity contribution in [3.63, 3.8) is 0 Å². The molecule has 84 valence electrons. The van der Waals surface area contributed by atoms with Crippen LogP contribution in [0.1, 0.15) is 12.8 Å². The Hall–Kier alpha value is -0.940. The first-order chi connectivity index (χ1) is 7.15. The van der Waals surface area contributed by atoms with Gasteiger partial charge in [-0.15, -0.1) is 0 Å². The lowest BCUT2D eigenvalue weighted by Gasteiger charge is -2.30. The first kappa shape index (κ1) is 10.6. The minimum absolute atomic E-state index is 0.00910. The Balaban J connectivity index is 2.01. The van der Waals surface area contributed by atoms with Crippen molar-refractivity contribution in [3.05, 3.63) is 0 Å². The summed E-state index contributed by atoms with van der Waals surface area (Å²) >= 11 is 0. The number of likely N-dealkylation sites (tertiary alicyclic amines) is 1. The number of Topliss-reactive ketones (excluding diaryl/α,β-unsaturated/α-hetero) is 1. The van der Waals surface area contributed by atoms with E-state index in [4.69, 9.17) is 9.47 Å². The van der Waals surface area contributed by atoms with E-state index in [9.17, 15) is 9.59 Å². The molecule has 0 bridgehead atoms. The molecule has 5 heteroatoms. The van der Waals surface area contributed by atoms with E-state index in [-0.39, 0.29) is 24.7 Å². The summed E-state index contributed by atoms with van der Waals surface area (Å²) in [6, 6.07) is 0. The first-order valence-corrected chi connectivity index (χ1v) is 5.08. The zero-order chi connectivity index (χ0) is 10.9. The van der Waals surface area contributed by atoms with Gasteiger partial charge in [-0.2, -0.15) is 0 Å². The van der Waals surface area contributed by atoms with E-state index in [1.807, 2.05) is 0 Å². The van der Waals surface area contributed by atoms with Crippen molar-refractivity contribution in [2.45, 2.75) is 18.4 Å². The predicted molar refractivity (Wildman–Crippen MR) is 51.4 cm³/mol. The maximum atomic E-state index is 11.4. The zero-order valence-electron chi connectivity index (χ0n) is 8.82. The molecule has 0 aliphatic carbocycles. The summed E-state index contributed by atoms with van der Waals surface area (Å²) in [5.74, 6) is -0.103. The number of hydrogen-bond acceptors (Lipinski definition) is 4. The lowest BCUT2D eigenvalue weighted by molar-refractivity contribution is -0.132. The molecule has 5 nitrogen and oxygen atoms in total. The number of nitrogens with zero attached hydrogens (tertiary/aromatic N) is 1. The predicted octanol–water partition coefficient (Wildman–Crippen LogP) is -0.407. The molecule has 0 radical (unpaired) electrons. The number of ether oxygens (including phenoxy) is 2. The highest BCUT2D eigenvalue weighted by Crippen LogP contribution is 2.25. The van der Waals surface area contributed by atoms with Gasteiger partial charge in [0.25, 0.3) is 0 Å². The lowest BCUT2D eigenvalue weighted by Crippen LogP contribution is -2.45. The molecule has 1 amide bonds. The minimum atomic E-state index is -0.403. The number of ketones is 1. The summed E-state index contributed by atoms with van der Waals surface area (Å²) in [6.07, 6.45) is 0.822. The largest absolute Gasteiger partial charge is 0.378 e. The first-order valence-electron chi connectivity index (χ1n) is 5.08. The molecule has 0 aromatic carbocycles. The molecule has 2 heterocycles. The number of hydrogen-bond donors (Lipinski definition) is 0. The maximum absolute atomic E-state index is 11.4. The molecule has 2 aliphatic rings. The lowest BCUT2D eigenvalue weighted by atomic mass is 10.0. The van der Waals surface area contributed by atoms with Crippen molar-refractivity contribution in [1.82, 2.24) is 4.90 Å². The summed E-state index contributed by atoms with van der Waals surface area (Å²) in [5, 5.41) is 0. The highest BCUT2D eigenvalue weighted by Gasteiger charge is 2.40. The average Bonchev–Trinajstić information content (AvgIpc) is 2.76. The van der Waals surface area contributed by atoms with Crippen LogP contribution in [0.2, 0.25) is 0 Å². The van der Waals surface area contributed by atoms with Gasteiger partial charge in [0.2, 0.25) is 5.91 Å². The van der Waals surface area contributed by atoms with E-state index in [0.29, 0.717) is 19.8 Å². The third-order valence-corrected chi connectivity index (χ3v) is 3.05. The molecular weight excluding hydrogens is 198 g/mol. The monoisotopic (exact) mass is 213 g/mol. The second kappa shape index (κ2) is 3.90. The average molecular weight is 213 g/mol. The Morgan fingerprint density at radius 2 is 2.33 bits per heavy atom. The molecule has 0 aromatic heterocycles. The smallest absolute Gasteiger partial charge is 0.230 e. The van der Waals surface area contributed by atoms with Crippen LogP contribution in [-0.2, 0) is 19.1 Å². The Labute approximate surface area is 88.3 Å². The molecule has 0 N–H and O–H groups in total. The molecule has 2 fully saturated rings. The van der Waals surface area contributed by atoms with Crippen LogP contribution in [0.15, 0.2) is 0 Å². The second-order valence-electron chi connectivity index (χ2n) is 4.15. The third-order valence-electron chi connectivity index (χ3n) is 3.05. The molecule has 2 rings (SSSR count). The number of carbonyl (C=O) groups is 2. The highest BCUT2D eigenvalue weighted by atomic mass is 16.5. The van der Waals surface area contributed by atoms with Crippen LogP contribution in [0.4, 0.5) is 0 Å². The minimum Gasteiger partial charge on any atom is -0.378 e. The van der Waals surface area contributed by atoms with Crippen LogP contribution in [0, 0.1) is 0 Å². The van der Waals surface area contributed by atoms with E-state index in [1.165, 1.54) is 0 Å². The van der Waals surface area contributed by atoms with Crippen LogP contribution in [0.3, 0.4) is 0 Å².